The third kappa shape index (κ3) is 3.39. The molecule has 1 aromatic heterocycles. The molecule has 1 atom stereocenters. The lowest BCUT2D eigenvalue weighted by Crippen LogP contribution is -2.28. The van der Waals surface area contributed by atoms with E-state index in [0.29, 0.717) is 5.56 Å². The van der Waals surface area contributed by atoms with E-state index in [1.807, 2.05) is 46.0 Å². The summed E-state index contributed by atoms with van der Waals surface area (Å²) in [6.07, 6.45) is 1.62. The van der Waals surface area contributed by atoms with Crippen LogP contribution in [0, 0.1) is 6.92 Å². The summed E-state index contributed by atoms with van der Waals surface area (Å²) in [5.41, 5.74) is 2.74. The minimum Gasteiger partial charge on any atom is -0.385 e. The summed E-state index contributed by atoms with van der Waals surface area (Å²) >= 11 is 0. The fourth-order valence-electron chi connectivity index (χ4n) is 2.22. The van der Waals surface area contributed by atoms with Gasteiger partial charge in [0, 0.05) is 24.8 Å². The highest BCUT2D eigenvalue weighted by molar-refractivity contribution is 5.95. The number of anilines is 1. The molecule has 6 nitrogen and oxygen atoms in total. The summed E-state index contributed by atoms with van der Waals surface area (Å²) in [5, 5.41) is 14.0. The maximum Gasteiger partial charge on any atom is 0.251 e. The number of amides is 1. The van der Waals surface area contributed by atoms with E-state index < -0.39 is 0 Å². The summed E-state index contributed by atoms with van der Waals surface area (Å²) in [5.74, 6) is 0.612. The van der Waals surface area contributed by atoms with E-state index in [0.717, 1.165) is 23.6 Å². The predicted octanol–water partition coefficient (Wildman–Crippen LogP) is 2.05. The zero-order valence-corrected chi connectivity index (χ0v) is 12.8. The van der Waals surface area contributed by atoms with Crippen LogP contribution in [-0.4, -0.2) is 27.2 Å². The number of carbonyl (C=O) groups excluding carboxylic acids is 1. The van der Waals surface area contributed by atoms with E-state index in [9.17, 15) is 4.79 Å². The van der Waals surface area contributed by atoms with Crippen molar-refractivity contribution < 1.29 is 4.79 Å². The first-order chi connectivity index (χ1) is 10.0. The van der Waals surface area contributed by atoms with Crippen LogP contribution in [0.5, 0.6) is 0 Å². The molecule has 0 radical (unpaired) electrons. The first kappa shape index (κ1) is 15.0. The molecule has 0 bridgehead atoms. The first-order valence-electron chi connectivity index (χ1n) is 7.02. The van der Waals surface area contributed by atoms with Gasteiger partial charge in [-0.3, -0.25) is 4.79 Å². The molecule has 6 heteroatoms. The summed E-state index contributed by atoms with van der Waals surface area (Å²) < 4.78 is 1.80. The zero-order valence-electron chi connectivity index (χ0n) is 12.8. The van der Waals surface area contributed by atoms with E-state index >= 15 is 0 Å². The number of aromatic nitrogens is 3. The minimum absolute atomic E-state index is 0.114. The number of benzene rings is 1. The molecule has 112 valence electrons. The number of rotatable bonds is 5. The molecule has 1 aromatic carbocycles. The summed E-state index contributed by atoms with van der Waals surface area (Å²) in [7, 11) is 1.85. The van der Waals surface area contributed by atoms with E-state index in [1.165, 1.54) is 0 Å². The first-order valence-corrected chi connectivity index (χ1v) is 7.02. The fourth-order valence-corrected chi connectivity index (χ4v) is 2.22. The van der Waals surface area contributed by atoms with Gasteiger partial charge < -0.3 is 15.2 Å². The van der Waals surface area contributed by atoms with E-state index in [2.05, 4.69) is 20.8 Å². The summed E-state index contributed by atoms with van der Waals surface area (Å²) in [6, 6.07) is 5.44. The maximum atomic E-state index is 12.3. The quantitative estimate of drug-likeness (QED) is 0.883. The van der Waals surface area contributed by atoms with Crippen LogP contribution in [0.3, 0.4) is 0 Å². The van der Waals surface area contributed by atoms with Gasteiger partial charge in [-0.2, -0.15) is 0 Å². The van der Waals surface area contributed by atoms with Crippen LogP contribution in [0.4, 0.5) is 5.69 Å². The second-order valence-corrected chi connectivity index (χ2v) is 5.06. The molecule has 1 heterocycles. The Morgan fingerprint density at radius 1 is 1.43 bits per heavy atom. The van der Waals surface area contributed by atoms with Gasteiger partial charge in [0.1, 0.15) is 6.33 Å². The van der Waals surface area contributed by atoms with Crippen LogP contribution < -0.4 is 10.6 Å². The molecule has 21 heavy (non-hydrogen) atoms. The number of nitrogens with one attached hydrogen (secondary N) is 2. The number of nitrogens with zero attached hydrogens (tertiary/aromatic N) is 3. The average molecular weight is 287 g/mol. The zero-order chi connectivity index (χ0) is 15.4. The average Bonchev–Trinajstić information content (AvgIpc) is 2.87. The van der Waals surface area contributed by atoms with Gasteiger partial charge in [-0.1, -0.05) is 0 Å². The Bertz CT molecular complexity index is 635. The second kappa shape index (κ2) is 6.39. The Hall–Kier alpha value is -2.37. The van der Waals surface area contributed by atoms with Gasteiger partial charge in [0.05, 0.1) is 6.04 Å². The maximum absolute atomic E-state index is 12.3. The van der Waals surface area contributed by atoms with Gasteiger partial charge in [0.2, 0.25) is 0 Å². The highest BCUT2D eigenvalue weighted by Crippen LogP contribution is 2.17. The fraction of sp³-hybridized carbons (Fsp3) is 0.400. The topological polar surface area (TPSA) is 71.8 Å². The molecule has 0 saturated carbocycles. The molecule has 2 N–H and O–H groups in total. The van der Waals surface area contributed by atoms with Crippen molar-refractivity contribution in [3.8, 4) is 0 Å². The molecule has 0 aliphatic rings. The van der Waals surface area contributed by atoms with E-state index in [-0.39, 0.29) is 11.9 Å². The smallest absolute Gasteiger partial charge is 0.251 e. The van der Waals surface area contributed by atoms with Crippen molar-refractivity contribution in [2.45, 2.75) is 26.8 Å². The number of hydrogen-bond acceptors (Lipinski definition) is 4. The third-order valence-electron chi connectivity index (χ3n) is 3.34. The van der Waals surface area contributed by atoms with Crippen molar-refractivity contribution in [3.05, 3.63) is 41.5 Å². The van der Waals surface area contributed by atoms with Crippen molar-refractivity contribution in [2.75, 3.05) is 11.9 Å². The molecular weight excluding hydrogens is 266 g/mol. The lowest BCUT2D eigenvalue weighted by molar-refractivity contribution is 0.0937. The van der Waals surface area contributed by atoms with E-state index in [4.69, 9.17) is 0 Å². The molecular formula is C15H21N5O. The van der Waals surface area contributed by atoms with Crippen molar-refractivity contribution in [3.63, 3.8) is 0 Å². The van der Waals surface area contributed by atoms with Crippen LogP contribution >= 0.6 is 0 Å². The van der Waals surface area contributed by atoms with E-state index in [1.54, 1.807) is 10.9 Å². The molecule has 2 rings (SSSR count). The second-order valence-electron chi connectivity index (χ2n) is 5.06. The van der Waals surface area contributed by atoms with Gasteiger partial charge in [0.15, 0.2) is 5.82 Å². The molecule has 1 amide bonds. The molecule has 0 fully saturated rings. The van der Waals surface area contributed by atoms with Crippen molar-refractivity contribution >= 4 is 11.6 Å². The van der Waals surface area contributed by atoms with Crippen molar-refractivity contribution in [1.29, 1.82) is 0 Å². The largest absolute Gasteiger partial charge is 0.385 e. The van der Waals surface area contributed by atoms with Gasteiger partial charge in [-0.25, -0.2) is 0 Å². The van der Waals surface area contributed by atoms with Gasteiger partial charge in [-0.05, 0) is 44.5 Å². The minimum atomic E-state index is -0.196. The summed E-state index contributed by atoms with van der Waals surface area (Å²) in [6.45, 7) is 6.78. The van der Waals surface area contributed by atoms with Gasteiger partial charge in [0.25, 0.3) is 5.91 Å². The lowest BCUT2D eigenvalue weighted by atomic mass is 10.1. The van der Waals surface area contributed by atoms with Crippen LogP contribution in [0.25, 0.3) is 0 Å². The molecule has 2 aromatic rings. The Kier molecular flexibility index (Phi) is 4.57. The van der Waals surface area contributed by atoms with Crippen LogP contribution in [0.2, 0.25) is 0 Å². The number of carbonyl (C=O) groups is 1. The normalized spacial score (nSPS) is 12.0. The van der Waals surface area contributed by atoms with Crippen LogP contribution in [0.1, 0.15) is 41.6 Å². The molecule has 0 saturated heterocycles. The van der Waals surface area contributed by atoms with Crippen LogP contribution in [-0.2, 0) is 7.05 Å². The highest BCUT2D eigenvalue weighted by Gasteiger charge is 2.15. The molecule has 0 aliphatic carbocycles. The standard InChI is InChI=1S/C15H21N5O/c1-5-16-13-7-6-12(8-10(13)2)15(21)18-11(3)14-19-17-9-20(14)4/h6-9,11,16H,5H2,1-4H3,(H,18,21). The predicted molar refractivity (Wildman–Crippen MR) is 82.2 cm³/mol. The number of hydrogen-bond donors (Lipinski definition) is 2. The number of aryl methyl sites for hydroxylation is 2. The van der Waals surface area contributed by atoms with Gasteiger partial charge in [-0.15, -0.1) is 10.2 Å². The third-order valence-corrected chi connectivity index (χ3v) is 3.34. The Labute approximate surface area is 124 Å². The Morgan fingerprint density at radius 3 is 2.76 bits per heavy atom. The van der Waals surface area contributed by atoms with Gasteiger partial charge >= 0.3 is 0 Å². The molecule has 1 unspecified atom stereocenters. The lowest BCUT2D eigenvalue weighted by Gasteiger charge is -2.14. The Balaban J connectivity index is 2.10. The highest BCUT2D eigenvalue weighted by atomic mass is 16.1. The van der Waals surface area contributed by atoms with Crippen molar-refractivity contribution in [2.24, 2.45) is 7.05 Å². The van der Waals surface area contributed by atoms with Crippen LogP contribution in [0.15, 0.2) is 24.5 Å². The molecule has 0 aliphatic heterocycles. The van der Waals surface area contributed by atoms with Crippen molar-refractivity contribution in [1.82, 2.24) is 20.1 Å². The Morgan fingerprint density at radius 2 is 2.19 bits per heavy atom. The molecule has 0 spiro atoms. The monoisotopic (exact) mass is 287 g/mol. The SMILES string of the molecule is CCNc1ccc(C(=O)NC(C)c2nncn2C)cc1C. The summed E-state index contributed by atoms with van der Waals surface area (Å²) in [4.78, 5) is 12.3.